The van der Waals surface area contributed by atoms with Crippen molar-refractivity contribution >= 4 is 22.8 Å². The Hall–Kier alpha value is -2.95. The highest BCUT2D eigenvalue weighted by molar-refractivity contribution is 5.98. The molecule has 110 valence electrons. The Kier molecular flexibility index (Phi) is 3.70. The zero-order valence-electron chi connectivity index (χ0n) is 12.2. The predicted octanol–water partition coefficient (Wildman–Crippen LogP) is 2.45. The van der Waals surface area contributed by atoms with Crippen molar-refractivity contribution in [3.63, 3.8) is 0 Å². The molecule has 1 heterocycles. The summed E-state index contributed by atoms with van der Waals surface area (Å²) in [6.45, 7) is 2.39. The number of hydrogen-bond acceptors (Lipinski definition) is 4. The fourth-order valence-electron chi connectivity index (χ4n) is 2.21. The summed E-state index contributed by atoms with van der Waals surface area (Å²) in [7, 11) is 0. The molecule has 22 heavy (non-hydrogen) atoms. The van der Waals surface area contributed by atoms with Gasteiger partial charge in [0.1, 0.15) is 0 Å². The molecule has 0 spiro atoms. The van der Waals surface area contributed by atoms with Gasteiger partial charge in [0.25, 0.3) is 5.91 Å². The van der Waals surface area contributed by atoms with Crippen LogP contribution in [0.15, 0.2) is 48.5 Å². The van der Waals surface area contributed by atoms with Crippen LogP contribution in [0.2, 0.25) is 0 Å². The Morgan fingerprint density at radius 2 is 1.86 bits per heavy atom. The minimum Gasteiger partial charge on any atom is -0.382 e. The lowest BCUT2D eigenvalue weighted by atomic mass is 10.2. The van der Waals surface area contributed by atoms with Crippen molar-refractivity contribution in [2.75, 3.05) is 5.73 Å². The van der Waals surface area contributed by atoms with Crippen LogP contribution in [0.4, 0.5) is 5.82 Å². The summed E-state index contributed by atoms with van der Waals surface area (Å²) in [6, 6.07) is 15.3. The van der Waals surface area contributed by atoms with Gasteiger partial charge in [-0.1, -0.05) is 36.4 Å². The second-order valence-electron chi connectivity index (χ2n) is 5.12. The van der Waals surface area contributed by atoms with E-state index >= 15 is 0 Å². The lowest BCUT2D eigenvalue weighted by Crippen LogP contribution is -2.25. The lowest BCUT2D eigenvalue weighted by Gasteiger charge is -2.08. The molecular formula is C17H16N4O. The fraction of sp³-hybridized carbons (Fsp3) is 0.118. The summed E-state index contributed by atoms with van der Waals surface area (Å²) in [6.07, 6.45) is 0. The van der Waals surface area contributed by atoms with E-state index in [4.69, 9.17) is 5.73 Å². The standard InChI is InChI=1S/C17H16N4O/c1-11-7-8-13-14(9-11)20-15(16(18)21-13)17(22)19-10-12-5-3-2-4-6-12/h2-9H,10H2,1H3,(H2,18,21)(H,19,22). The largest absolute Gasteiger partial charge is 0.382 e. The molecule has 1 aromatic heterocycles. The van der Waals surface area contributed by atoms with Gasteiger partial charge in [-0.25, -0.2) is 9.97 Å². The third-order valence-corrected chi connectivity index (χ3v) is 3.36. The average molecular weight is 292 g/mol. The van der Waals surface area contributed by atoms with Crippen molar-refractivity contribution in [2.24, 2.45) is 0 Å². The van der Waals surface area contributed by atoms with E-state index in [9.17, 15) is 4.79 Å². The maximum absolute atomic E-state index is 12.3. The van der Waals surface area contributed by atoms with Gasteiger partial charge in [0, 0.05) is 6.54 Å². The van der Waals surface area contributed by atoms with Crippen molar-refractivity contribution in [2.45, 2.75) is 13.5 Å². The highest BCUT2D eigenvalue weighted by atomic mass is 16.1. The maximum atomic E-state index is 12.3. The Labute approximate surface area is 128 Å². The number of rotatable bonds is 3. The minimum atomic E-state index is -0.322. The van der Waals surface area contributed by atoms with E-state index in [1.807, 2.05) is 55.5 Å². The molecule has 0 unspecified atom stereocenters. The monoisotopic (exact) mass is 292 g/mol. The highest BCUT2D eigenvalue weighted by Crippen LogP contribution is 2.16. The molecule has 0 bridgehead atoms. The van der Waals surface area contributed by atoms with Crippen LogP contribution in [0.25, 0.3) is 11.0 Å². The molecule has 3 rings (SSSR count). The molecular weight excluding hydrogens is 276 g/mol. The summed E-state index contributed by atoms with van der Waals surface area (Å²) >= 11 is 0. The second-order valence-corrected chi connectivity index (χ2v) is 5.12. The Morgan fingerprint density at radius 1 is 1.09 bits per heavy atom. The van der Waals surface area contributed by atoms with Crippen molar-refractivity contribution in [3.05, 3.63) is 65.4 Å². The second kappa shape index (κ2) is 5.81. The number of fused-ring (bicyclic) bond motifs is 1. The first-order valence-electron chi connectivity index (χ1n) is 6.99. The molecule has 0 saturated heterocycles. The van der Waals surface area contributed by atoms with E-state index in [1.54, 1.807) is 0 Å². The average Bonchev–Trinajstić information content (AvgIpc) is 2.53. The van der Waals surface area contributed by atoms with Gasteiger partial charge in [-0.2, -0.15) is 0 Å². The number of anilines is 1. The van der Waals surface area contributed by atoms with Crippen molar-refractivity contribution in [1.29, 1.82) is 0 Å². The molecule has 0 atom stereocenters. The first-order chi connectivity index (χ1) is 10.6. The molecule has 0 fully saturated rings. The zero-order chi connectivity index (χ0) is 15.5. The third kappa shape index (κ3) is 2.88. The summed E-state index contributed by atoms with van der Waals surface area (Å²) in [5, 5.41) is 2.81. The van der Waals surface area contributed by atoms with Gasteiger partial charge in [0.2, 0.25) is 0 Å². The number of carbonyl (C=O) groups excluding carboxylic acids is 1. The number of carbonyl (C=O) groups is 1. The normalized spacial score (nSPS) is 10.6. The Balaban J connectivity index is 1.85. The summed E-state index contributed by atoms with van der Waals surface area (Å²) in [5.74, 6) is -0.181. The van der Waals surface area contributed by atoms with Crippen molar-refractivity contribution in [1.82, 2.24) is 15.3 Å². The van der Waals surface area contributed by atoms with E-state index < -0.39 is 0 Å². The number of hydrogen-bond donors (Lipinski definition) is 2. The number of nitrogens with one attached hydrogen (secondary N) is 1. The number of nitrogens with zero attached hydrogens (tertiary/aromatic N) is 2. The number of benzene rings is 2. The number of aryl methyl sites for hydroxylation is 1. The maximum Gasteiger partial charge on any atom is 0.274 e. The molecule has 3 aromatic rings. The summed E-state index contributed by atoms with van der Waals surface area (Å²) in [5.41, 5.74) is 9.44. The summed E-state index contributed by atoms with van der Waals surface area (Å²) < 4.78 is 0. The molecule has 1 amide bonds. The quantitative estimate of drug-likeness (QED) is 0.777. The summed E-state index contributed by atoms with van der Waals surface area (Å²) in [4.78, 5) is 20.9. The molecule has 0 aliphatic carbocycles. The van der Waals surface area contributed by atoms with E-state index in [1.165, 1.54) is 0 Å². The van der Waals surface area contributed by atoms with Crippen molar-refractivity contribution < 1.29 is 4.79 Å². The predicted molar refractivity (Wildman–Crippen MR) is 86.3 cm³/mol. The van der Waals surface area contributed by atoms with Gasteiger partial charge in [-0.15, -0.1) is 0 Å². The minimum absolute atomic E-state index is 0.141. The molecule has 5 nitrogen and oxygen atoms in total. The third-order valence-electron chi connectivity index (χ3n) is 3.36. The topological polar surface area (TPSA) is 80.9 Å². The highest BCUT2D eigenvalue weighted by Gasteiger charge is 2.14. The lowest BCUT2D eigenvalue weighted by molar-refractivity contribution is 0.0947. The molecule has 0 aliphatic rings. The number of nitrogen functional groups attached to an aromatic ring is 1. The van der Waals surface area contributed by atoms with Crippen LogP contribution in [0.1, 0.15) is 21.6 Å². The van der Waals surface area contributed by atoms with Gasteiger partial charge >= 0.3 is 0 Å². The molecule has 0 aliphatic heterocycles. The number of amides is 1. The van der Waals surface area contributed by atoms with Crippen LogP contribution in [-0.2, 0) is 6.54 Å². The molecule has 5 heteroatoms. The van der Waals surface area contributed by atoms with E-state index in [-0.39, 0.29) is 17.4 Å². The zero-order valence-corrected chi connectivity index (χ0v) is 12.2. The van der Waals surface area contributed by atoms with Crippen LogP contribution in [0, 0.1) is 6.92 Å². The van der Waals surface area contributed by atoms with Crippen LogP contribution in [-0.4, -0.2) is 15.9 Å². The SMILES string of the molecule is Cc1ccc2nc(N)c(C(=O)NCc3ccccc3)nc2c1. The van der Waals surface area contributed by atoms with Crippen LogP contribution in [0.3, 0.4) is 0 Å². The number of nitrogens with two attached hydrogens (primary N) is 1. The Bertz CT molecular complexity index is 831. The van der Waals surface area contributed by atoms with E-state index in [0.29, 0.717) is 17.6 Å². The molecule has 3 N–H and O–H groups in total. The Morgan fingerprint density at radius 3 is 2.64 bits per heavy atom. The van der Waals surface area contributed by atoms with Crippen molar-refractivity contribution in [3.8, 4) is 0 Å². The first kappa shape index (κ1) is 14.0. The van der Waals surface area contributed by atoms with Gasteiger partial charge in [-0.05, 0) is 30.2 Å². The van der Waals surface area contributed by atoms with Crippen LogP contribution >= 0.6 is 0 Å². The first-order valence-corrected chi connectivity index (χ1v) is 6.99. The van der Waals surface area contributed by atoms with Crippen LogP contribution < -0.4 is 11.1 Å². The van der Waals surface area contributed by atoms with Gasteiger partial charge < -0.3 is 11.1 Å². The number of aromatic nitrogens is 2. The molecule has 0 radical (unpaired) electrons. The van der Waals surface area contributed by atoms with E-state index in [2.05, 4.69) is 15.3 Å². The van der Waals surface area contributed by atoms with Gasteiger partial charge in [0.15, 0.2) is 11.5 Å². The van der Waals surface area contributed by atoms with Gasteiger partial charge in [-0.3, -0.25) is 4.79 Å². The van der Waals surface area contributed by atoms with Gasteiger partial charge in [0.05, 0.1) is 11.0 Å². The molecule has 2 aromatic carbocycles. The smallest absolute Gasteiger partial charge is 0.274 e. The fourth-order valence-corrected chi connectivity index (χ4v) is 2.21. The van der Waals surface area contributed by atoms with E-state index in [0.717, 1.165) is 11.1 Å². The molecule has 0 saturated carbocycles. The van der Waals surface area contributed by atoms with Crippen LogP contribution in [0.5, 0.6) is 0 Å².